The summed E-state index contributed by atoms with van der Waals surface area (Å²) in [5, 5.41) is 3.78. The third-order valence-corrected chi connectivity index (χ3v) is 3.94. The number of fused-ring (bicyclic) bond motifs is 1. The van der Waals surface area contributed by atoms with Crippen molar-refractivity contribution in [3.8, 4) is 0 Å². The Hall–Kier alpha value is -2.07. The van der Waals surface area contributed by atoms with Crippen LogP contribution < -0.4 is 10.9 Å². The number of carbonyl (C=O) groups is 1. The monoisotopic (exact) mass is 302 g/mol. The molecule has 0 radical (unpaired) electrons. The summed E-state index contributed by atoms with van der Waals surface area (Å²) >= 11 is 5.86. The van der Waals surface area contributed by atoms with Gasteiger partial charge in [0.25, 0.3) is 5.56 Å². The maximum absolute atomic E-state index is 12.8. The molecule has 108 valence electrons. The molecule has 2 heterocycles. The molecular weight excluding hydrogens is 288 g/mol. The van der Waals surface area contributed by atoms with Gasteiger partial charge in [0.2, 0.25) is 0 Å². The van der Waals surface area contributed by atoms with Crippen molar-refractivity contribution in [1.82, 2.24) is 4.57 Å². The van der Waals surface area contributed by atoms with E-state index in [4.69, 9.17) is 11.6 Å². The van der Waals surface area contributed by atoms with Crippen LogP contribution in [0, 0.1) is 6.92 Å². The Kier molecular flexibility index (Phi) is 3.55. The molecule has 1 N–H and O–H groups in total. The quantitative estimate of drug-likeness (QED) is 0.868. The highest BCUT2D eigenvalue weighted by molar-refractivity contribution is 6.30. The molecule has 5 heteroatoms. The van der Waals surface area contributed by atoms with E-state index in [0.29, 0.717) is 34.1 Å². The summed E-state index contributed by atoms with van der Waals surface area (Å²) in [6, 6.07) is 8.32. The van der Waals surface area contributed by atoms with Gasteiger partial charge in [0.05, 0.1) is 5.56 Å². The van der Waals surface area contributed by atoms with Gasteiger partial charge in [-0.05, 0) is 43.2 Å². The van der Waals surface area contributed by atoms with Crippen molar-refractivity contribution in [2.75, 3.05) is 11.9 Å². The van der Waals surface area contributed by atoms with Crippen molar-refractivity contribution in [1.29, 1.82) is 0 Å². The summed E-state index contributed by atoms with van der Waals surface area (Å²) < 4.78 is 1.64. The lowest BCUT2D eigenvalue weighted by molar-refractivity contribution is 0.103. The molecular formula is C16H15ClN2O2. The van der Waals surface area contributed by atoms with E-state index in [2.05, 4.69) is 5.32 Å². The molecule has 0 amide bonds. The van der Waals surface area contributed by atoms with Gasteiger partial charge in [0.1, 0.15) is 5.82 Å². The Morgan fingerprint density at radius 1 is 1.29 bits per heavy atom. The number of nitrogens with one attached hydrogen (secondary N) is 1. The molecule has 0 aliphatic carbocycles. The second kappa shape index (κ2) is 5.37. The first-order valence-corrected chi connectivity index (χ1v) is 7.24. The van der Waals surface area contributed by atoms with Gasteiger partial charge in [0.15, 0.2) is 5.78 Å². The van der Waals surface area contributed by atoms with E-state index in [1.165, 1.54) is 6.07 Å². The minimum atomic E-state index is -0.0951. The zero-order valence-corrected chi connectivity index (χ0v) is 12.4. The van der Waals surface area contributed by atoms with E-state index in [1.807, 2.05) is 0 Å². The van der Waals surface area contributed by atoms with Crippen LogP contribution >= 0.6 is 11.6 Å². The first-order valence-electron chi connectivity index (χ1n) is 6.86. The molecule has 0 unspecified atom stereocenters. The number of pyridine rings is 1. The van der Waals surface area contributed by atoms with E-state index >= 15 is 0 Å². The molecule has 4 nitrogen and oxygen atoms in total. The van der Waals surface area contributed by atoms with E-state index < -0.39 is 0 Å². The summed E-state index contributed by atoms with van der Waals surface area (Å²) in [5.74, 6) is 0.536. The number of aryl methyl sites for hydroxylation is 1. The number of hydrogen-bond acceptors (Lipinski definition) is 3. The van der Waals surface area contributed by atoms with Gasteiger partial charge < -0.3 is 5.32 Å². The Morgan fingerprint density at radius 3 is 2.71 bits per heavy atom. The molecule has 1 aliphatic rings. The molecule has 1 aliphatic heterocycles. The fraction of sp³-hybridized carbons (Fsp3) is 0.250. The molecule has 0 saturated carbocycles. The van der Waals surface area contributed by atoms with Gasteiger partial charge in [-0.25, -0.2) is 0 Å². The Morgan fingerprint density at radius 2 is 2.00 bits per heavy atom. The van der Waals surface area contributed by atoms with Crippen molar-refractivity contribution >= 4 is 23.2 Å². The maximum Gasteiger partial charge on any atom is 0.252 e. The van der Waals surface area contributed by atoms with Crippen LogP contribution in [0.5, 0.6) is 0 Å². The average molecular weight is 303 g/mol. The second-order valence-corrected chi connectivity index (χ2v) is 5.59. The molecule has 1 aromatic heterocycles. The zero-order chi connectivity index (χ0) is 15.0. The average Bonchev–Trinajstić information content (AvgIpc) is 2.48. The lowest BCUT2D eigenvalue weighted by Crippen LogP contribution is -2.31. The smallest absolute Gasteiger partial charge is 0.252 e. The number of carbonyl (C=O) groups excluding carboxylic acids is 1. The summed E-state index contributed by atoms with van der Waals surface area (Å²) in [4.78, 5) is 24.8. The fourth-order valence-electron chi connectivity index (χ4n) is 2.65. The molecule has 0 spiro atoms. The number of ketones is 1. The predicted octanol–water partition coefficient (Wildman–Crippen LogP) is 2.86. The van der Waals surface area contributed by atoms with E-state index in [0.717, 1.165) is 13.0 Å². The number of halogens is 1. The largest absolute Gasteiger partial charge is 0.371 e. The molecule has 0 bridgehead atoms. The highest BCUT2D eigenvalue weighted by Crippen LogP contribution is 2.24. The second-order valence-electron chi connectivity index (χ2n) is 5.16. The van der Waals surface area contributed by atoms with Gasteiger partial charge in [-0.15, -0.1) is 0 Å². The molecule has 1 aromatic carbocycles. The predicted molar refractivity (Wildman–Crippen MR) is 83.4 cm³/mol. The lowest BCUT2D eigenvalue weighted by Gasteiger charge is -2.23. The number of aromatic nitrogens is 1. The van der Waals surface area contributed by atoms with Crippen LogP contribution in [0.4, 0.5) is 5.82 Å². The standard InChI is InChI=1S/C16H15ClN2O2/c1-10-9-13(20)19-8-2-7-18-16(19)14(10)15(21)11-3-5-12(17)6-4-11/h3-6,9,18H,2,7-8H2,1H3. The lowest BCUT2D eigenvalue weighted by atomic mass is 9.99. The summed E-state index contributed by atoms with van der Waals surface area (Å²) in [6.07, 6.45) is 0.880. The van der Waals surface area contributed by atoms with Crippen LogP contribution in [0.1, 0.15) is 27.9 Å². The normalized spacial score (nSPS) is 13.4. The zero-order valence-electron chi connectivity index (χ0n) is 11.6. The number of anilines is 1. The van der Waals surface area contributed by atoms with Crippen LogP contribution in [0.2, 0.25) is 5.02 Å². The Balaban J connectivity index is 2.16. The summed E-state index contributed by atoms with van der Waals surface area (Å²) in [5.41, 5.74) is 1.76. The van der Waals surface area contributed by atoms with Crippen LogP contribution in [0.25, 0.3) is 0 Å². The first-order chi connectivity index (χ1) is 10.1. The van der Waals surface area contributed by atoms with Crippen molar-refractivity contribution in [2.24, 2.45) is 0 Å². The maximum atomic E-state index is 12.8. The highest BCUT2D eigenvalue weighted by atomic mass is 35.5. The van der Waals surface area contributed by atoms with Crippen LogP contribution in [0.15, 0.2) is 35.1 Å². The van der Waals surface area contributed by atoms with E-state index in [1.54, 1.807) is 35.8 Å². The molecule has 0 fully saturated rings. The number of rotatable bonds is 2. The first kappa shape index (κ1) is 13.9. The fourth-order valence-corrected chi connectivity index (χ4v) is 2.78. The SMILES string of the molecule is Cc1cc(=O)n2c(c1C(=O)c1ccc(Cl)cc1)NCCC2. The van der Waals surface area contributed by atoms with Crippen LogP contribution in [-0.2, 0) is 6.54 Å². The minimum Gasteiger partial charge on any atom is -0.371 e. The topological polar surface area (TPSA) is 51.1 Å². The van der Waals surface area contributed by atoms with Crippen LogP contribution in [0.3, 0.4) is 0 Å². The van der Waals surface area contributed by atoms with Crippen LogP contribution in [-0.4, -0.2) is 16.9 Å². The van der Waals surface area contributed by atoms with Crippen molar-refractivity contribution in [3.63, 3.8) is 0 Å². The van der Waals surface area contributed by atoms with E-state index in [9.17, 15) is 9.59 Å². The number of hydrogen-bond donors (Lipinski definition) is 1. The molecule has 0 saturated heterocycles. The molecule has 3 rings (SSSR count). The molecule has 2 aromatic rings. The van der Waals surface area contributed by atoms with Gasteiger partial charge in [-0.1, -0.05) is 11.6 Å². The number of benzene rings is 1. The van der Waals surface area contributed by atoms with Gasteiger partial charge in [-0.2, -0.15) is 0 Å². The molecule has 0 atom stereocenters. The highest BCUT2D eigenvalue weighted by Gasteiger charge is 2.22. The molecule has 21 heavy (non-hydrogen) atoms. The van der Waals surface area contributed by atoms with Crippen molar-refractivity contribution in [2.45, 2.75) is 19.9 Å². The minimum absolute atomic E-state index is 0.0673. The van der Waals surface area contributed by atoms with Crippen molar-refractivity contribution < 1.29 is 4.79 Å². The summed E-state index contributed by atoms with van der Waals surface area (Å²) in [6.45, 7) is 3.20. The third-order valence-electron chi connectivity index (χ3n) is 3.69. The Bertz CT molecular complexity index is 763. The third kappa shape index (κ3) is 2.47. The van der Waals surface area contributed by atoms with Crippen molar-refractivity contribution in [3.05, 3.63) is 62.4 Å². The van der Waals surface area contributed by atoms with Gasteiger partial charge >= 0.3 is 0 Å². The summed E-state index contributed by atoms with van der Waals surface area (Å²) in [7, 11) is 0. The Labute approximate surface area is 127 Å². The van der Waals surface area contributed by atoms with Gasteiger partial charge in [-0.3, -0.25) is 14.2 Å². The van der Waals surface area contributed by atoms with Gasteiger partial charge in [0, 0.05) is 29.7 Å². The number of nitrogens with zero attached hydrogens (tertiary/aromatic N) is 1. The van der Waals surface area contributed by atoms with E-state index in [-0.39, 0.29) is 11.3 Å².